The fourth-order valence-corrected chi connectivity index (χ4v) is 5.94. The van der Waals surface area contributed by atoms with Gasteiger partial charge in [0.25, 0.3) is 0 Å². The smallest absolute Gasteiger partial charge is 0.371 e. The standard InChI is InChI=1S/C19H20O3/c20-18(21)17-7-14-6-15(1-2-16(14)22-17)19-8-11-3-12(9-19)5-13(4-11)10-19/h1-2,6-7,11-13H,3-5,8-10H2,(H,20,21). The molecule has 22 heavy (non-hydrogen) atoms. The minimum atomic E-state index is -0.993. The number of fused-ring (bicyclic) bond motifs is 1. The molecule has 1 aromatic carbocycles. The van der Waals surface area contributed by atoms with Gasteiger partial charge in [0.1, 0.15) is 5.58 Å². The van der Waals surface area contributed by atoms with Gasteiger partial charge < -0.3 is 9.52 Å². The maximum atomic E-state index is 11.1. The van der Waals surface area contributed by atoms with Crippen LogP contribution in [0.3, 0.4) is 0 Å². The first-order chi connectivity index (χ1) is 10.6. The first-order valence-electron chi connectivity index (χ1n) is 8.39. The zero-order chi connectivity index (χ0) is 14.9. The fourth-order valence-electron chi connectivity index (χ4n) is 5.94. The van der Waals surface area contributed by atoms with E-state index in [9.17, 15) is 4.79 Å². The Hall–Kier alpha value is -1.77. The van der Waals surface area contributed by atoms with Gasteiger partial charge in [-0.15, -0.1) is 0 Å². The summed E-state index contributed by atoms with van der Waals surface area (Å²) in [5, 5.41) is 10.0. The molecule has 4 saturated carbocycles. The molecule has 0 radical (unpaired) electrons. The van der Waals surface area contributed by atoms with E-state index in [2.05, 4.69) is 12.1 Å². The number of furan rings is 1. The SMILES string of the molecule is O=C(O)c1cc2cc(C34CC5CC(CC(C5)C3)C4)ccc2o1. The Kier molecular flexibility index (Phi) is 2.41. The monoisotopic (exact) mass is 296 g/mol. The van der Waals surface area contributed by atoms with Crippen molar-refractivity contribution in [2.75, 3.05) is 0 Å². The third-order valence-electron chi connectivity index (χ3n) is 6.38. The van der Waals surface area contributed by atoms with E-state index in [0.29, 0.717) is 11.0 Å². The van der Waals surface area contributed by atoms with Gasteiger partial charge in [-0.05, 0) is 85.5 Å². The average Bonchev–Trinajstić information content (AvgIpc) is 2.89. The molecule has 3 nitrogen and oxygen atoms in total. The van der Waals surface area contributed by atoms with Crippen molar-refractivity contribution in [2.24, 2.45) is 17.8 Å². The average molecular weight is 296 g/mol. The molecule has 4 bridgehead atoms. The van der Waals surface area contributed by atoms with Crippen LogP contribution in [-0.4, -0.2) is 11.1 Å². The highest BCUT2D eigenvalue weighted by Gasteiger charge is 2.51. The first-order valence-corrected chi connectivity index (χ1v) is 8.39. The Morgan fingerprint density at radius 3 is 2.27 bits per heavy atom. The van der Waals surface area contributed by atoms with Crippen molar-refractivity contribution in [3.05, 3.63) is 35.6 Å². The fraction of sp³-hybridized carbons (Fsp3) is 0.526. The second-order valence-corrected chi connectivity index (χ2v) is 7.87. The Morgan fingerprint density at radius 1 is 1.05 bits per heavy atom. The zero-order valence-electron chi connectivity index (χ0n) is 12.5. The lowest BCUT2D eigenvalue weighted by atomic mass is 9.48. The molecule has 2 aromatic rings. The van der Waals surface area contributed by atoms with Gasteiger partial charge >= 0.3 is 5.97 Å². The van der Waals surface area contributed by atoms with Gasteiger partial charge in [-0.1, -0.05) is 6.07 Å². The van der Waals surface area contributed by atoms with E-state index in [1.165, 1.54) is 44.1 Å². The molecule has 0 saturated heterocycles. The number of benzene rings is 1. The zero-order valence-corrected chi connectivity index (χ0v) is 12.5. The van der Waals surface area contributed by atoms with Gasteiger partial charge in [-0.25, -0.2) is 4.79 Å². The number of hydrogen-bond donors (Lipinski definition) is 1. The number of aromatic carboxylic acids is 1. The molecule has 0 atom stereocenters. The van der Waals surface area contributed by atoms with Gasteiger partial charge in [0.05, 0.1) is 0 Å². The molecule has 6 rings (SSSR count). The minimum Gasteiger partial charge on any atom is -0.475 e. The molecule has 0 spiro atoms. The third kappa shape index (κ3) is 1.71. The van der Waals surface area contributed by atoms with Gasteiger partial charge in [0.15, 0.2) is 0 Å². The van der Waals surface area contributed by atoms with Gasteiger partial charge in [0.2, 0.25) is 5.76 Å². The summed E-state index contributed by atoms with van der Waals surface area (Å²) in [5.41, 5.74) is 2.45. The molecule has 114 valence electrons. The summed E-state index contributed by atoms with van der Waals surface area (Å²) in [4.78, 5) is 11.1. The van der Waals surface area contributed by atoms with Crippen LogP contribution in [0.2, 0.25) is 0 Å². The number of carbonyl (C=O) groups is 1. The van der Waals surface area contributed by atoms with Crippen LogP contribution in [0.1, 0.15) is 54.6 Å². The summed E-state index contributed by atoms with van der Waals surface area (Å²) in [6.45, 7) is 0. The van der Waals surface area contributed by atoms with E-state index in [-0.39, 0.29) is 5.76 Å². The lowest BCUT2D eigenvalue weighted by Gasteiger charge is -2.57. The van der Waals surface area contributed by atoms with Crippen LogP contribution in [0.25, 0.3) is 11.0 Å². The summed E-state index contributed by atoms with van der Waals surface area (Å²) in [6, 6.07) is 8.01. The number of rotatable bonds is 2. The molecule has 3 heteroatoms. The van der Waals surface area contributed by atoms with Crippen LogP contribution in [0, 0.1) is 17.8 Å². The molecule has 1 aromatic heterocycles. The maximum Gasteiger partial charge on any atom is 0.371 e. The summed E-state index contributed by atoms with van der Waals surface area (Å²) < 4.78 is 5.40. The summed E-state index contributed by atoms with van der Waals surface area (Å²) in [7, 11) is 0. The molecule has 0 amide bonds. The van der Waals surface area contributed by atoms with Crippen LogP contribution in [0.15, 0.2) is 28.7 Å². The number of carboxylic acid groups (broad SMARTS) is 1. The lowest BCUT2D eigenvalue weighted by Crippen LogP contribution is -2.48. The predicted molar refractivity (Wildman–Crippen MR) is 83.0 cm³/mol. The molecule has 0 unspecified atom stereocenters. The van der Waals surface area contributed by atoms with Crippen LogP contribution >= 0.6 is 0 Å². The van der Waals surface area contributed by atoms with Gasteiger partial charge in [-0.2, -0.15) is 0 Å². The lowest BCUT2D eigenvalue weighted by molar-refractivity contribution is -0.00513. The van der Waals surface area contributed by atoms with Crippen molar-refractivity contribution in [1.82, 2.24) is 0 Å². The first kappa shape index (κ1) is 12.7. The molecule has 0 aliphatic heterocycles. The molecule has 4 aliphatic carbocycles. The van der Waals surface area contributed by atoms with Crippen molar-refractivity contribution in [1.29, 1.82) is 0 Å². The van der Waals surface area contributed by atoms with Gasteiger partial charge in [-0.3, -0.25) is 0 Å². The van der Waals surface area contributed by atoms with Gasteiger partial charge in [0, 0.05) is 5.39 Å². The van der Waals surface area contributed by atoms with Crippen molar-refractivity contribution in [3.63, 3.8) is 0 Å². The topological polar surface area (TPSA) is 50.4 Å². The van der Waals surface area contributed by atoms with Crippen molar-refractivity contribution >= 4 is 16.9 Å². The second-order valence-electron chi connectivity index (χ2n) is 7.87. The van der Waals surface area contributed by atoms with E-state index < -0.39 is 5.97 Å². The quantitative estimate of drug-likeness (QED) is 0.881. The molecular formula is C19H20O3. The summed E-state index contributed by atoms with van der Waals surface area (Å²) in [6.07, 6.45) is 8.31. The Bertz CT molecular complexity index is 735. The Morgan fingerprint density at radius 2 is 1.68 bits per heavy atom. The van der Waals surface area contributed by atoms with Crippen molar-refractivity contribution in [3.8, 4) is 0 Å². The highest BCUT2D eigenvalue weighted by Crippen LogP contribution is 2.60. The normalized spacial score (nSPS) is 36.1. The van der Waals surface area contributed by atoms with Crippen molar-refractivity contribution < 1.29 is 14.3 Å². The third-order valence-corrected chi connectivity index (χ3v) is 6.38. The molecule has 1 heterocycles. The number of carboxylic acids is 1. The maximum absolute atomic E-state index is 11.1. The van der Waals surface area contributed by atoms with Crippen LogP contribution in [0.4, 0.5) is 0 Å². The Balaban J connectivity index is 1.60. The van der Waals surface area contributed by atoms with Crippen LogP contribution in [-0.2, 0) is 5.41 Å². The molecule has 4 fully saturated rings. The highest BCUT2D eigenvalue weighted by molar-refractivity contribution is 5.91. The van der Waals surface area contributed by atoms with E-state index in [4.69, 9.17) is 9.52 Å². The number of hydrogen-bond acceptors (Lipinski definition) is 2. The summed E-state index contributed by atoms with van der Waals surface area (Å²) >= 11 is 0. The van der Waals surface area contributed by atoms with Crippen LogP contribution in [0.5, 0.6) is 0 Å². The summed E-state index contributed by atoms with van der Waals surface area (Å²) in [5.74, 6) is 1.80. The minimum absolute atomic E-state index is 0.0395. The second kappa shape index (κ2) is 4.15. The highest BCUT2D eigenvalue weighted by atomic mass is 16.4. The molecular weight excluding hydrogens is 276 g/mol. The predicted octanol–water partition coefficient (Wildman–Crippen LogP) is 4.60. The largest absolute Gasteiger partial charge is 0.475 e. The van der Waals surface area contributed by atoms with E-state index in [0.717, 1.165) is 23.1 Å². The molecule has 4 aliphatic rings. The van der Waals surface area contributed by atoms with Crippen molar-refractivity contribution in [2.45, 2.75) is 43.9 Å². The van der Waals surface area contributed by atoms with E-state index in [1.807, 2.05) is 6.07 Å². The molecule has 1 N–H and O–H groups in total. The van der Waals surface area contributed by atoms with Crippen LogP contribution < -0.4 is 0 Å². The van der Waals surface area contributed by atoms with E-state index in [1.54, 1.807) is 6.07 Å². The Labute approximate surface area is 129 Å². The van der Waals surface area contributed by atoms with E-state index >= 15 is 0 Å².